The van der Waals surface area contributed by atoms with Crippen molar-refractivity contribution in [2.75, 3.05) is 17.2 Å². The number of anilines is 3. The molecule has 0 spiro atoms. The molecule has 164 valence electrons. The van der Waals surface area contributed by atoms with Crippen molar-refractivity contribution in [2.24, 2.45) is 0 Å². The van der Waals surface area contributed by atoms with E-state index in [0.717, 1.165) is 55.1 Å². The van der Waals surface area contributed by atoms with Gasteiger partial charge < -0.3 is 42.9 Å². The molecule has 0 aliphatic carbocycles. The maximum Gasteiger partial charge on any atom is 0.0743 e. The topological polar surface area (TPSA) is 161 Å². The van der Waals surface area contributed by atoms with E-state index in [1.165, 1.54) is 0 Å². The molecule has 5 heterocycles. The number of nitrogens with one attached hydrogen (secondary N) is 5. The van der Waals surface area contributed by atoms with Gasteiger partial charge in [0.2, 0.25) is 0 Å². The molecular weight excluding hydrogens is 476 g/mol. The number of aromatic amines is 3. The van der Waals surface area contributed by atoms with Crippen LogP contribution in [0.3, 0.4) is 0 Å². The Kier molecular flexibility index (Phi) is 5.11. The van der Waals surface area contributed by atoms with E-state index in [2.05, 4.69) is 56.9 Å². The average Bonchev–Trinajstić information content (AvgIpc) is 3.37. The zero-order valence-corrected chi connectivity index (χ0v) is 21.4. The standard InChI is InChI=1S/C20H24N8P4/c21-13-5-1-6-14(22)19(31)11(26-6)4-12-20(32)16(24)8(28-12)3-10-18(30)15(23)7(27-10)2-9(25-5)17(13)29/h1-2,4,8,24-28,32H,3,21-23,29-31H2. The van der Waals surface area contributed by atoms with Crippen LogP contribution in [0.1, 0.15) is 22.8 Å². The predicted molar refractivity (Wildman–Crippen MR) is 150 cm³/mol. The predicted octanol–water partition coefficient (Wildman–Crippen LogP) is -1.22. The van der Waals surface area contributed by atoms with Gasteiger partial charge in [0, 0.05) is 44.7 Å². The first kappa shape index (κ1) is 21.5. The minimum atomic E-state index is -0.205. The number of rotatable bonds is 0. The van der Waals surface area contributed by atoms with Crippen LogP contribution < -0.4 is 49.1 Å². The summed E-state index contributed by atoms with van der Waals surface area (Å²) >= 11 is 0. The quantitative estimate of drug-likeness (QED) is 0.182. The number of H-pyrrole nitrogens is 3. The third-order valence-corrected chi connectivity index (χ3v) is 8.40. The molecule has 8 nitrogen and oxygen atoms in total. The summed E-state index contributed by atoms with van der Waals surface area (Å²) in [5, 5.41) is 16.9. The van der Waals surface area contributed by atoms with Crippen LogP contribution in [0.5, 0.6) is 0 Å². The van der Waals surface area contributed by atoms with Crippen LogP contribution in [-0.2, 0) is 6.42 Å². The van der Waals surface area contributed by atoms with E-state index in [1.807, 2.05) is 18.2 Å². The summed E-state index contributed by atoms with van der Waals surface area (Å²) in [6, 6.07) is -0.205. The Balaban J connectivity index is 1.82. The molecule has 2 aliphatic rings. The molecule has 1 fully saturated rings. The zero-order valence-electron chi connectivity index (χ0n) is 17.0. The highest BCUT2D eigenvalue weighted by Crippen LogP contribution is 2.23. The molecule has 0 amide bonds. The highest BCUT2D eigenvalue weighted by atomic mass is 31.0. The number of allylic oxidation sites excluding steroid dienone is 1. The van der Waals surface area contributed by atoms with Gasteiger partial charge in [-0.05, 0) is 18.2 Å². The zero-order chi connectivity index (χ0) is 22.9. The van der Waals surface area contributed by atoms with E-state index in [-0.39, 0.29) is 6.04 Å². The van der Waals surface area contributed by atoms with Crippen molar-refractivity contribution in [1.82, 2.24) is 20.3 Å². The normalized spacial score (nSPS) is 17.6. The van der Waals surface area contributed by atoms with Crippen molar-refractivity contribution < 1.29 is 0 Å². The monoisotopic (exact) mass is 500 g/mol. The first-order valence-electron chi connectivity index (χ1n) is 9.80. The van der Waals surface area contributed by atoms with Crippen LogP contribution in [0, 0.1) is 5.41 Å². The maximum atomic E-state index is 8.60. The van der Waals surface area contributed by atoms with Crippen LogP contribution in [0.4, 0.5) is 17.1 Å². The minimum Gasteiger partial charge on any atom is -0.396 e. The number of aromatic nitrogens is 3. The number of nitrogens with two attached hydrogens (primary N) is 3. The molecule has 32 heavy (non-hydrogen) atoms. The van der Waals surface area contributed by atoms with E-state index in [0.29, 0.717) is 34.5 Å². The molecule has 0 radical (unpaired) electrons. The summed E-state index contributed by atoms with van der Waals surface area (Å²) in [5.74, 6) is 0. The second kappa shape index (κ2) is 7.61. The molecule has 12 heteroatoms. The fraction of sp³-hybridized carbons (Fsp3) is 0.100. The fourth-order valence-corrected chi connectivity index (χ4v) is 5.32. The van der Waals surface area contributed by atoms with Gasteiger partial charge in [-0.15, -0.1) is 36.6 Å². The lowest BCUT2D eigenvalue weighted by Crippen LogP contribution is -2.30. The fourth-order valence-electron chi connectivity index (χ4n) is 4.03. The summed E-state index contributed by atoms with van der Waals surface area (Å²) in [6.45, 7) is 0. The first-order chi connectivity index (χ1) is 15.2. The SMILES string of the molecule is N=C1C(=P)C2=Cc3[nH]c(c(N)c3P)C=c3[nH]c(c(P)c3N)=Cc3[nH]c(c(P)c3N)CC1N2. The molecule has 5 rings (SSSR count). The summed E-state index contributed by atoms with van der Waals surface area (Å²) in [6.07, 6.45) is 6.37. The number of nitrogen functional groups attached to an aromatic ring is 3. The second-order valence-corrected chi connectivity index (χ2v) is 10.2. The molecule has 1 saturated heterocycles. The Morgan fingerprint density at radius 2 is 1.47 bits per heavy atom. The lowest BCUT2D eigenvalue weighted by atomic mass is 10.1. The van der Waals surface area contributed by atoms with Crippen LogP contribution in [-0.4, -0.2) is 32.0 Å². The van der Waals surface area contributed by atoms with Crippen LogP contribution in [0.2, 0.25) is 0 Å². The first-order valence-corrected chi connectivity index (χ1v) is 12.0. The highest BCUT2D eigenvalue weighted by molar-refractivity contribution is 7.29. The van der Waals surface area contributed by atoms with Gasteiger partial charge in [0.15, 0.2) is 0 Å². The van der Waals surface area contributed by atoms with E-state index in [1.54, 1.807) is 0 Å². The third kappa shape index (κ3) is 3.26. The molecule has 11 N–H and O–H groups in total. The lowest BCUT2D eigenvalue weighted by molar-refractivity contribution is 0.731. The van der Waals surface area contributed by atoms with Gasteiger partial charge in [0.25, 0.3) is 0 Å². The highest BCUT2D eigenvalue weighted by Gasteiger charge is 2.30. The number of hydrogen-bond donors (Lipinski definition) is 8. The Hall–Kier alpha value is -2.35. The third-order valence-electron chi connectivity index (χ3n) is 5.96. The molecule has 0 aromatic carbocycles. The van der Waals surface area contributed by atoms with Gasteiger partial charge in [0.05, 0.1) is 50.9 Å². The van der Waals surface area contributed by atoms with E-state index in [9.17, 15) is 0 Å². The number of hydrogen-bond acceptors (Lipinski definition) is 5. The summed E-state index contributed by atoms with van der Waals surface area (Å²) < 4.78 is 0. The van der Waals surface area contributed by atoms with Crippen LogP contribution >= 0.6 is 36.6 Å². The van der Waals surface area contributed by atoms with Crippen molar-refractivity contribution in [3.05, 3.63) is 39.2 Å². The van der Waals surface area contributed by atoms with Crippen molar-refractivity contribution in [3.63, 3.8) is 0 Å². The second-order valence-electron chi connectivity index (χ2n) is 7.94. The Bertz CT molecular complexity index is 1490. The number of fused-ring (bicyclic) bond motifs is 8. The van der Waals surface area contributed by atoms with Gasteiger partial charge in [0.1, 0.15) is 0 Å². The van der Waals surface area contributed by atoms with E-state index < -0.39 is 0 Å². The van der Waals surface area contributed by atoms with Crippen LogP contribution in [0.15, 0.2) is 5.70 Å². The van der Waals surface area contributed by atoms with Gasteiger partial charge in [-0.3, -0.25) is 0 Å². The maximum absolute atomic E-state index is 8.60. The van der Waals surface area contributed by atoms with Crippen molar-refractivity contribution in [3.8, 4) is 0 Å². The van der Waals surface area contributed by atoms with Crippen molar-refractivity contribution in [1.29, 1.82) is 5.41 Å². The molecule has 8 bridgehead atoms. The van der Waals surface area contributed by atoms with E-state index >= 15 is 0 Å². The molecule has 0 saturated carbocycles. The van der Waals surface area contributed by atoms with E-state index in [4.69, 9.17) is 22.6 Å². The van der Waals surface area contributed by atoms with Gasteiger partial charge in [-0.25, -0.2) is 0 Å². The molecular formula is C20H24N8P4. The average molecular weight is 500 g/mol. The summed E-state index contributed by atoms with van der Waals surface area (Å²) in [4.78, 5) is 10.2. The van der Waals surface area contributed by atoms with Crippen LogP contribution in [0.25, 0.3) is 18.2 Å². The van der Waals surface area contributed by atoms with Gasteiger partial charge >= 0.3 is 0 Å². The molecule has 3 aromatic heterocycles. The van der Waals surface area contributed by atoms with Crippen molar-refractivity contribution >= 4 is 98.8 Å². The summed E-state index contributed by atoms with van der Waals surface area (Å²) in [7, 11) is 11.7. The van der Waals surface area contributed by atoms with Crippen molar-refractivity contribution in [2.45, 2.75) is 12.5 Å². The molecule has 4 unspecified atom stereocenters. The Morgan fingerprint density at radius 1 is 0.812 bits per heavy atom. The summed E-state index contributed by atoms with van der Waals surface area (Å²) in [5.41, 5.74) is 25.6. The smallest absolute Gasteiger partial charge is 0.0743 e. The Labute approximate surface area is 193 Å². The molecule has 4 atom stereocenters. The molecule has 3 aromatic rings. The van der Waals surface area contributed by atoms with Gasteiger partial charge in [-0.2, -0.15) is 0 Å². The lowest BCUT2D eigenvalue weighted by Gasteiger charge is -2.10. The molecule has 2 aliphatic heterocycles. The Morgan fingerprint density at radius 3 is 2.22 bits per heavy atom. The largest absolute Gasteiger partial charge is 0.396 e. The van der Waals surface area contributed by atoms with Gasteiger partial charge in [-0.1, -0.05) is 0 Å². The minimum absolute atomic E-state index is 0.205.